The largest absolute Gasteiger partial charge is 0.481 e. The molecule has 0 radical (unpaired) electrons. The molecule has 3 aromatic rings. The lowest BCUT2D eigenvalue weighted by molar-refractivity contribution is -0.134. The number of piperazine rings is 1. The van der Waals surface area contributed by atoms with Crippen molar-refractivity contribution < 1.29 is 14.3 Å². The molecule has 0 atom stereocenters. The molecule has 4 rings (SSSR count). The Kier molecular flexibility index (Phi) is 5.42. The smallest absolute Gasteiger partial charge is 0.274 e. The molecular weight excluding hydrogens is 384 g/mol. The summed E-state index contributed by atoms with van der Waals surface area (Å²) in [6.07, 6.45) is 3.30. The van der Waals surface area contributed by atoms with Crippen LogP contribution >= 0.6 is 0 Å². The topological polar surface area (TPSA) is 93.4 Å². The summed E-state index contributed by atoms with van der Waals surface area (Å²) < 4.78 is 6.75. The van der Waals surface area contributed by atoms with Gasteiger partial charge >= 0.3 is 0 Å². The van der Waals surface area contributed by atoms with Crippen molar-refractivity contribution in [2.45, 2.75) is 6.92 Å². The highest BCUT2D eigenvalue weighted by atomic mass is 16.5. The maximum absolute atomic E-state index is 13.1. The number of pyridine rings is 2. The van der Waals surface area contributed by atoms with Crippen LogP contribution in [-0.4, -0.2) is 74.7 Å². The van der Waals surface area contributed by atoms with Crippen LogP contribution in [0.15, 0.2) is 48.8 Å². The summed E-state index contributed by atoms with van der Waals surface area (Å²) >= 11 is 0. The molecule has 3 aromatic heterocycles. The van der Waals surface area contributed by atoms with Gasteiger partial charge in [-0.1, -0.05) is 6.07 Å². The maximum atomic E-state index is 13.1. The van der Waals surface area contributed by atoms with E-state index in [2.05, 4.69) is 15.1 Å². The molecule has 0 spiro atoms. The maximum Gasteiger partial charge on any atom is 0.274 e. The van der Waals surface area contributed by atoms with Gasteiger partial charge in [-0.25, -0.2) is 9.67 Å². The summed E-state index contributed by atoms with van der Waals surface area (Å²) in [4.78, 5) is 37.2. The fourth-order valence-electron chi connectivity index (χ4n) is 3.38. The molecule has 1 fully saturated rings. The summed E-state index contributed by atoms with van der Waals surface area (Å²) in [5, 5.41) is 4.53. The first kappa shape index (κ1) is 19.6. The second-order valence-corrected chi connectivity index (χ2v) is 6.80. The second kappa shape index (κ2) is 8.32. The number of ether oxygens (including phenoxy) is 1. The molecule has 9 nitrogen and oxygen atoms in total. The van der Waals surface area contributed by atoms with Crippen LogP contribution in [0.5, 0.6) is 5.88 Å². The van der Waals surface area contributed by atoms with Crippen LogP contribution in [0.1, 0.15) is 17.4 Å². The van der Waals surface area contributed by atoms with Gasteiger partial charge in [0.15, 0.2) is 5.69 Å². The van der Waals surface area contributed by atoms with Crippen molar-refractivity contribution in [1.29, 1.82) is 0 Å². The molecule has 1 saturated heterocycles. The Morgan fingerprint density at radius 2 is 2.03 bits per heavy atom. The van der Waals surface area contributed by atoms with Crippen LogP contribution < -0.4 is 4.74 Å². The molecule has 9 heteroatoms. The van der Waals surface area contributed by atoms with E-state index in [1.165, 1.54) is 4.90 Å². The molecule has 4 heterocycles. The molecule has 1 aliphatic heterocycles. The van der Waals surface area contributed by atoms with E-state index in [1.807, 2.05) is 31.2 Å². The highest BCUT2D eigenvalue weighted by molar-refractivity contribution is 5.96. The molecule has 30 heavy (non-hydrogen) atoms. The molecule has 0 aliphatic carbocycles. The predicted molar refractivity (Wildman–Crippen MR) is 109 cm³/mol. The van der Waals surface area contributed by atoms with Gasteiger partial charge in [-0.3, -0.25) is 14.6 Å². The van der Waals surface area contributed by atoms with Gasteiger partial charge in [0.2, 0.25) is 11.8 Å². The van der Waals surface area contributed by atoms with Gasteiger partial charge in [0.05, 0.1) is 30.4 Å². The average Bonchev–Trinajstić information content (AvgIpc) is 3.24. The predicted octanol–water partition coefficient (Wildman–Crippen LogP) is 1.64. The minimum Gasteiger partial charge on any atom is -0.481 e. The van der Waals surface area contributed by atoms with E-state index in [0.29, 0.717) is 42.6 Å². The van der Waals surface area contributed by atoms with Crippen molar-refractivity contribution in [3.63, 3.8) is 0 Å². The van der Waals surface area contributed by atoms with Crippen molar-refractivity contribution in [2.24, 2.45) is 0 Å². The Hall–Kier alpha value is -3.75. The number of nitrogens with zero attached hydrogens (tertiary/aromatic N) is 6. The van der Waals surface area contributed by atoms with Gasteiger partial charge < -0.3 is 14.5 Å². The number of amides is 2. The number of likely N-dealkylation sites (N-methyl/N-ethyl adjacent to an activating group) is 1. The molecule has 0 N–H and O–H groups in total. The minimum absolute atomic E-state index is 0.0548. The third kappa shape index (κ3) is 3.73. The fourth-order valence-corrected chi connectivity index (χ4v) is 3.38. The van der Waals surface area contributed by atoms with E-state index in [0.717, 1.165) is 0 Å². The van der Waals surface area contributed by atoms with E-state index < -0.39 is 0 Å². The van der Waals surface area contributed by atoms with Gasteiger partial charge in [0, 0.05) is 31.9 Å². The second-order valence-electron chi connectivity index (χ2n) is 6.80. The van der Waals surface area contributed by atoms with Crippen LogP contribution in [0.25, 0.3) is 17.1 Å². The summed E-state index contributed by atoms with van der Waals surface area (Å²) in [5.74, 6) is 0.145. The lowest BCUT2D eigenvalue weighted by Gasteiger charge is -2.33. The molecule has 0 unspecified atom stereocenters. The molecule has 0 saturated carbocycles. The van der Waals surface area contributed by atoms with E-state index >= 15 is 0 Å². The Morgan fingerprint density at radius 3 is 2.67 bits per heavy atom. The van der Waals surface area contributed by atoms with Gasteiger partial charge in [0.1, 0.15) is 6.54 Å². The first-order valence-corrected chi connectivity index (χ1v) is 9.69. The van der Waals surface area contributed by atoms with Gasteiger partial charge in [-0.15, -0.1) is 0 Å². The summed E-state index contributed by atoms with van der Waals surface area (Å²) in [5.41, 5.74) is 2.25. The number of carbonyl (C=O) groups excluding carboxylic acids is 2. The van der Waals surface area contributed by atoms with Crippen LogP contribution in [0.4, 0.5) is 0 Å². The monoisotopic (exact) mass is 406 g/mol. The molecule has 0 bridgehead atoms. The molecule has 1 aliphatic rings. The third-order valence-electron chi connectivity index (χ3n) is 5.02. The minimum atomic E-state index is -0.281. The van der Waals surface area contributed by atoms with E-state index in [1.54, 1.807) is 41.2 Å². The quantitative estimate of drug-likeness (QED) is 0.640. The highest BCUT2D eigenvalue weighted by Crippen LogP contribution is 2.24. The standard InChI is InChI=1S/C21H22N6O3/c1-3-25-10-11-26(14-20(25)28)21(29)17-12-18(16-6-4-5-9-22-16)27(24-17)15-7-8-19(30-2)23-13-15/h4-9,12-13H,3,10-11,14H2,1-2H3. The number of rotatable bonds is 5. The first-order chi connectivity index (χ1) is 14.6. The van der Waals surface area contributed by atoms with E-state index in [-0.39, 0.29) is 24.1 Å². The molecule has 154 valence electrons. The number of methoxy groups -OCH3 is 1. The van der Waals surface area contributed by atoms with Crippen molar-refractivity contribution in [2.75, 3.05) is 33.3 Å². The summed E-state index contributed by atoms with van der Waals surface area (Å²) in [7, 11) is 1.55. The molecule has 2 amide bonds. The Balaban J connectivity index is 1.70. The van der Waals surface area contributed by atoms with Gasteiger partial charge in [-0.2, -0.15) is 5.10 Å². The van der Waals surface area contributed by atoms with Crippen molar-refractivity contribution in [3.8, 4) is 23.0 Å². The zero-order valence-corrected chi connectivity index (χ0v) is 16.9. The molecular formula is C21H22N6O3. The normalized spacial score (nSPS) is 14.1. The Bertz CT molecular complexity index is 1050. The number of hydrogen-bond acceptors (Lipinski definition) is 6. The van der Waals surface area contributed by atoms with E-state index in [4.69, 9.17) is 4.74 Å². The lowest BCUT2D eigenvalue weighted by atomic mass is 10.2. The fraction of sp³-hybridized carbons (Fsp3) is 0.286. The molecule has 0 aromatic carbocycles. The van der Waals surface area contributed by atoms with Crippen LogP contribution in [0.3, 0.4) is 0 Å². The van der Waals surface area contributed by atoms with Gasteiger partial charge in [0.25, 0.3) is 5.91 Å². The first-order valence-electron chi connectivity index (χ1n) is 9.69. The zero-order chi connectivity index (χ0) is 21.1. The average molecular weight is 406 g/mol. The third-order valence-corrected chi connectivity index (χ3v) is 5.02. The number of carbonyl (C=O) groups is 2. The van der Waals surface area contributed by atoms with Crippen LogP contribution in [0.2, 0.25) is 0 Å². The van der Waals surface area contributed by atoms with Crippen molar-refractivity contribution >= 4 is 11.8 Å². The highest BCUT2D eigenvalue weighted by Gasteiger charge is 2.29. The summed E-state index contributed by atoms with van der Waals surface area (Å²) in [6.45, 7) is 3.64. The number of aromatic nitrogens is 4. The van der Waals surface area contributed by atoms with Gasteiger partial charge in [-0.05, 0) is 31.2 Å². The van der Waals surface area contributed by atoms with Crippen LogP contribution in [-0.2, 0) is 4.79 Å². The van der Waals surface area contributed by atoms with Crippen LogP contribution in [0, 0.1) is 0 Å². The Morgan fingerprint density at radius 1 is 1.17 bits per heavy atom. The van der Waals surface area contributed by atoms with Crippen molar-refractivity contribution in [3.05, 3.63) is 54.5 Å². The van der Waals surface area contributed by atoms with E-state index in [9.17, 15) is 9.59 Å². The van der Waals surface area contributed by atoms with Crippen molar-refractivity contribution in [1.82, 2.24) is 29.5 Å². The summed E-state index contributed by atoms with van der Waals surface area (Å²) in [6, 6.07) is 10.8. The Labute approximate surface area is 173 Å². The number of hydrogen-bond donors (Lipinski definition) is 0. The zero-order valence-electron chi connectivity index (χ0n) is 16.9. The SMILES string of the molecule is CCN1CCN(C(=O)c2cc(-c3ccccn3)n(-c3ccc(OC)nc3)n2)CC1=O. The lowest BCUT2D eigenvalue weighted by Crippen LogP contribution is -2.52.